The highest BCUT2D eigenvalue weighted by Crippen LogP contribution is 2.36. The quantitative estimate of drug-likeness (QED) is 0.747. The molecule has 27 heavy (non-hydrogen) atoms. The molecular weight excluding hydrogens is 356 g/mol. The second-order valence-electron chi connectivity index (χ2n) is 8.00. The number of thioether (sulfide) groups is 1. The number of piperidine rings is 1. The molecule has 2 heterocycles. The van der Waals surface area contributed by atoms with Crippen LogP contribution in [0.2, 0.25) is 0 Å². The molecule has 6 heteroatoms. The van der Waals surface area contributed by atoms with Crippen molar-refractivity contribution in [2.24, 2.45) is 11.8 Å². The summed E-state index contributed by atoms with van der Waals surface area (Å²) in [6.45, 7) is 6.04. The molecule has 144 valence electrons. The molecule has 1 aliphatic carbocycles. The smallest absolute Gasteiger partial charge is 0.233 e. The predicted molar refractivity (Wildman–Crippen MR) is 108 cm³/mol. The monoisotopic (exact) mass is 384 g/mol. The minimum Gasteiger partial charge on any atom is -0.342 e. The third-order valence-electron chi connectivity index (χ3n) is 6.11. The summed E-state index contributed by atoms with van der Waals surface area (Å²) in [4.78, 5) is 14.9. The normalized spacial score (nSPS) is 22.5. The van der Waals surface area contributed by atoms with Crippen LogP contribution in [0.4, 0.5) is 0 Å². The molecule has 1 saturated heterocycles. The second-order valence-corrected chi connectivity index (χ2v) is 8.94. The molecule has 2 atom stereocenters. The van der Waals surface area contributed by atoms with Gasteiger partial charge in [-0.05, 0) is 55.7 Å². The van der Waals surface area contributed by atoms with Crippen LogP contribution in [-0.4, -0.2) is 44.4 Å². The summed E-state index contributed by atoms with van der Waals surface area (Å²) in [5.74, 6) is 2.24. The van der Waals surface area contributed by atoms with Gasteiger partial charge in [-0.1, -0.05) is 43.2 Å². The molecular formula is C21H28N4OS. The number of nitrogens with zero attached hydrogens (tertiary/aromatic N) is 4. The van der Waals surface area contributed by atoms with E-state index >= 15 is 0 Å². The molecule has 2 fully saturated rings. The zero-order valence-electron chi connectivity index (χ0n) is 16.2. The first-order valence-corrected chi connectivity index (χ1v) is 11.0. The molecule has 1 aliphatic heterocycles. The maximum atomic E-state index is 12.8. The number of likely N-dealkylation sites (tertiary alicyclic amines) is 1. The van der Waals surface area contributed by atoms with Crippen LogP contribution in [0.15, 0.2) is 29.7 Å². The number of carbonyl (C=O) groups is 1. The van der Waals surface area contributed by atoms with Crippen LogP contribution in [0.25, 0.3) is 5.69 Å². The standard InChI is InChI=1S/C21H28N4OS/c1-15-7-8-16(2)19(11-15)25-14-22-23-21(25)27-13-20(26)24-10-9-17-5-3-4-6-18(17)12-24/h7-8,11,14,17-18H,3-6,9-10,12-13H2,1-2H3/t17-,18+/m1/s1. The highest BCUT2D eigenvalue weighted by molar-refractivity contribution is 7.99. The molecule has 0 radical (unpaired) electrons. The zero-order valence-corrected chi connectivity index (χ0v) is 17.0. The van der Waals surface area contributed by atoms with Gasteiger partial charge < -0.3 is 4.90 Å². The van der Waals surface area contributed by atoms with E-state index in [0.29, 0.717) is 5.75 Å². The second kappa shape index (κ2) is 8.05. The van der Waals surface area contributed by atoms with Gasteiger partial charge in [0.25, 0.3) is 0 Å². The maximum Gasteiger partial charge on any atom is 0.233 e. The van der Waals surface area contributed by atoms with Crippen molar-refractivity contribution in [1.82, 2.24) is 19.7 Å². The van der Waals surface area contributed by atoms with Crippen molar-refractivity contribution >= 4 is 17.7 Å². The lowest BCUT2D eigenvalue weighted by atomic mass is 9.75. The summed E-state index contributed by atoms with van der Waals surface area (Å²) in [7, 11) is 0. The number of aromatic nitrogens is 3. The van der Waals surface area contributed by atoms with E-state index in [1.165, 1.54) is 55.0 Å². The summed E-state index contributed by atoms with van der Waals surface area (Å²) in [5, 5.41) is 9.11. The Labute approximate surface area is 165 Å². The number of hydrogen-bond acceptors (Lipinski definition) is 4. The highest BCUT2D eigenvalue weighted by atomic mass is 32.2. The van der Waals surface area contributed by atoms with Crippen molar-refractivity contribution in [1.29, 1.82) is 0 Å². The molecule has 0 N–H and O–H groups in total. The average molecular weight is 385 g/mol. The molecule has 4 rings (SSSR count). The molecule has 1 aromatic heterocycles. The Balaban J connectivity index is 1.40. The minimum atomic E-state index is 0.236. The zero-order chi connectivity index (χ0) is 18.8. The summed E-state index contributed by atoms with van der Waals surface area (Å²) in [5.41, 5.74) is 3.46. The van der Waals surface area contributed by atoms with Crippen molar-refractivity contribution in [3.63, 3.8) is 0 Å². The maximum absolute atomic E-state index is 12.8. The van der Waals surface area contributed by atoms with Gasteiger partial charge in [-0.2, -0.15) is 0 Å². The molecule has 0 unspecified atom stereocenters. The van der Waals surface area contributed by atoms with Crippen molar-refractivity contribution in [2.45, 2.75) is 51.1 Å². The van der Waals surface area contributed by atoms with E-state index in [9.17, 15) is 4.79 Å². The van der Waals surface area contributed by atoms with Crippen LogP contribution < -0.4 is 0 Å². The lowest BCUT2D eigenvalue weighted by molar-refractivity contribution is -0.131. The van der Waals surface area contributed by atoms with Crippen LogP contribution >= 0.6 is 11.8 Å². The fourth-order valence-corrected chi connectivity index (χ4v) is 5.34. The van der Waals surface area contributed by atoms with Crippen molar-refractivity contribution in [3.8, 4) is 5.69 Å². The largest absolute Gasteiger partial charge is 0.342 e. The Morgan fingerprint density at radius 1 is 1.19 bits per heavy atom. The number of benzene rings is 1. The fourth-order valence-electron chi connectivity index (χ4n) is 4.51. The number of aryl methyl sites for hydroxylation is 2. The number of rotatable bonds is 4. The first kappa shape index (κ1) is 18.5. The first-order chi connectivity index (χ1) is 13.1. The molecule has 1 aromatic carbocycles. The lowest BCUT2D eigenvalue weighted by Gasteiger charge is -2.41. The highest BCUT2D eigenvalue weighted by Gasteiger charge is 2.32. The van der Waals surface area contributed by atoms with Crippen molar-refractivity contribution in [2.75, 3.05) is 18.8 Å². The number of amides is 1. The van der Waals surface area contributed by atoms with Crippen LogP contribution in [0.1, 0.15) is 43.2 Å². The Morgan fingerprint density at radius 3 is 2.85 bits per heavy atom. The van der Waals surface area contributed by atoms with Crippen molar-refractivity contribution in [3.05, 3.63) is 35.7 Å². The Morgan fingerprint density at radius 2 is 2.00 bits per heavy atom. The van der Waals surface area contributed by atoms with E-state index in [4.69, 9.17) is 0 Å². The predicted octanol–water partition coefficient (Wildman–Crippen LogP) is 4.01. The third-order valence-corrected chi connectivity index (χ3v) is 7.04. The lowest BCUT2D eigenvalue weighted by Crippen LogP contribution is -2.45. The van der Waals surface area contributed by atoms with Gasteiger partial charge in [0.2, 0.25) is 5.91 Å². The summed E-state index contributed by atoms with van der Waals surface area (Å²) in [6.07, 6.45) is 8.28. The summed E-state index contributed by atoms with van der Waals surface area (Å²) in [6, 6.07) is 6.35. The van der Waals surface area contributed by atoms with Crippen molar-refractivity contribution < 1.29 is 4.79 Å². The van der Waals surface area contributed by atoms with Gasteiger partial charge in [0.1, 0.15) is 6.33 Å². The Bertz CT molecular complexity index is 818. The van der Waals surface area contributed by atoms with Gasteiger partial charge in [-0.15, -0.1) is 10.2 Å². The van der Waals surface area contributed by atoms with E-state index < -0.39 is 0 Å². The third kappa shape index (κ3) is 4.05. The van der Waals surface area contributed by atoms with Gasteiger partial charge in [-0.25, -0.2) is 0 Å². The van der Waals surface area contributed by atoms with E-state index in [1.807, 2.05) is 4.57 Å². The van der Waals surface area contributed by atoms with E-state index in [1.54, 1.807) is 6.33 Å². The fraction of sp³-hybridized carbons (Fsp3) is 0.571. The molecule has 2 aromatic rings. The van der Waals surface area contributed by atoms with Crippen LogP contribution in [-0.2, 0) is 4.79 Å². The van der Waals surface area contributed by atoms with E-state index in [-0.39, 0.29) is 5.91 Å². The van der Waals surface area contributed by atoms with E-state index in [0.717, 1.165) is 35.8 Å². The molecule has 1 amide bonds. The topological polar surface area (TPSA) is 51.0 Å². The number of carbonyl (C=O) groups excluding carboxylic acids is 1. The van der Waals surface area contributed by atoms with Gasteiger partial charge in [-0.3, -0.25) is 9.36 Å². The van der Waals surface area contributed by atoms with Gasteiger partial charge >= 0.3 is 0 Å². The number of fused-ring (bicyclic) bond motifs is 1. The summed E-state index contributed by atoms with van der Waals surface area (Å²) < 4.78 is 1.99. The van der Waals surface area contributed by atoms with E-state index in [2.05, 4.69) is 47.1 Å². The SMILES string of the molecule is Cc1ccc(C)c(-n2cnnc2SCC(=O)N2CC[C@H]3CCCC[C@H]3C2)c1. The van der Waals surface area contributed by atoms with Crippen LogP contribution in [0.5, 0.6) is 0 Å². The van der Waals surface area contributed by atoms with Gasteiger partial charge in [0.15, 0.2) is 5.16 Å². The molecule has 1 saturated carbocycles. The van der Waals surface area contributed by atoms with Crippen LogP contribution in [0.3, 0.4) is 0 Å². The summed E-state index contributed by atoms with van der Waals surface area (Å²) >= 11 is 1.49. The molecule has 0 spiro atoms. The molecule has 2 aliphatic rings. The number of hydrogen-bond donors (Lipinski definition) is 0. The molecule has 0 bridgehead atoms. The average Bonchev–Trinajstić information content (AvgIpc) is 3.16. The molecule has 5 nitrogen and oxygen atoms in total. The Hall–Kier alpha value is -1.82. The Kier molecular flexibility index (Phi) is 5.53. The van der Waals surface area contributed by atoms with Gasteiger partial charge in [0.05, 0.1) is 11.4 Å². The van der Waals surface area contributed by atoms with Crippen LogP contribution in [0, 0.1) is 25.7 Å². The minimum absolute atomic E-state index is 0.236. The van der Waals surface area contributed by atoms with Gasteiger partial charge in [0, 0.05) is 13.1 Å². The first-order valence-electron chi connectivity index (χ1n) is 10.00.